The molecule has 1 aromatic rings. The van der Waals surface area contributed by atoms with Crippen LogP contribution in [0.4, 0.5) is 0 Å². The normalized spacial score (nSPS) is 25.0. The maximum atomic E-state index is 10.4. The van der Waals surface area contributed by atoms with E-state index < -0.39 is 6.23 Å². The zero-order valence-electron chi connectivity index (χ0n) is 21.2. The molecule has 1 atom stereocenters. The zero-order chi connectivity index (χ0) is 24.3. The quantitative estimate of drug-likeness (QED) is 0.531. The molecule has 1 aromatic heterocycles. The molecule has 2 aliphatic rings. The van der Waals surface area contributed by atoms with E-state index in [0.717, 1.165) is 79.3 Å². The highest BCUT2D eigenvalue weighted by atomic mass is 32.1. The van der Waals surface area contributed by atoms with Gasteiger partial charge in [-0.1, -0.05) is 18.2 Å². The molecule has 1 saturated carbocycles. The summed E-state index contributed by atoms with van der Waals surface area (Å²) in [4.78, 5) is 7.23. The van der Waals surface area contributed by atoms with Crippen molar-refractivity contribution in [1.29, 1.82) is 0 Å². The van der Waals surface area contributed by atoms with Crippen LogP contribution in [0.2, 0.25) is 0 Å². The molecule has 3 rings (SSSR count). The van der Waals surface area contributed by atoms with Crippen LogP contribution in [-0.2, 0) is 11.2 Å². The molecular weight excluding hydrogens is 446 g/mol. The van der Waals surface area contributed by atoms with Crippen molar-refractivity contribution in [3.05, 3.63) is 34.3 Å². The predicted molar refractivity (Wildman–Crippen MR) is 140 cm³/mol. The van der Waals surface area contributed by atoms with Crippen molar-refractivity contribution in [2.75, 3.05) is 26.2 Å². The summed E-state index contributed by atoms with van der Waals surface area (Å²) in [6.07, 6.45) is 12.1. The zero-order valence-corrected chi connectivity index (χ0v) is 22.0. The Labute approximate surface area is 209 Å². The predicted octanol–water partition coefficient (Wildman–Crippen LogP) is 4.28. The number of hydrogen-bond acceptors (Lipinski definition) is 8. The van der Waals surface area contributed by atoms with Gasteiger partial charge in [0.25, 0.3) is 0 Å². The summed E-state index contributed by atoms with van der Waals surface area (Å²) in [6, 6.07) is 0.396. The van der Waals surface area contributed by atoms with E-state index in [1.165, 1.54) is 19.3 Å². The van der Waals surface area contributed by atoms with Gasteiger partial charge >= 0.3 is 0 Å². The second kappa shape index (κ2) is 14.1. The van der Waals surface area contributed by atoms with Gasteiger partial charge in [0, 0.05) is 31.6 Å². The molecule has 0 aromatic carbocycles. The number of ether oxygens (including phenoxy) is 1. The number of aliphatic hydroxyl groups excluding tert-OH is 1. The second-order valence-corrected chi connectivity index (χ2v) is 11.2. The van der Waals surface area contributed by atoms with E-state index in [1.807, 2.05) is 26.8 Å². The average Bonchev–Trinajstić information content (AvgIpc) is 3.19. The van der Waals surface area contributed by atoms with Gasteiger partial charge in [-0.25, -0.2) is 0 Å². The third-order valence-electron chi connectivity index (χ3n) is 6.53. The van der Waals surface area contributed by atoms with Gasteiger partial charge in [0.1, 0.15) is 16.2 Å². The number of nitrogens with one attached hydrogen (secondary N) is 1. The molecule has 1 fully saturated rings. The lowest BCUT2D eigenvalue weighted by atomic mass is 9.84. The van der Waals surface area contributed by atoms with Crippen molar-refractivity contribution < 1.29 is 9.84 Å². The first-order valence-corrected chi connectivity index (χ1v) is 13.7. The highest BCUT2D eigenvalue weighted by molar-refractivity contribution is 7.11. The fraction of sp³-hybridized carbons (Fsp3) is 0.731. The maximum Gasteiger partial charge on any atom is 0.208 e. The molecule has 8 heteroatoms. The average molecular weight is 490 g/mol. The van der Waals surface area contributed by atoms with E-state index in [2.05, 4.69) is 38.1 Å². The molecule has 34 heavy (non-hydrogen) atoms. The summed E-state index contributed by atoms with van der Waals surface area (Å²) in [5.74, 6) is 1.49. The lowest BCUT2D eigenvalue weighted by Gasteiger charge is -2.32. The molecule has 0 amide bonds. The van der Waals surface area contributed by atoms with Crippen molar-refractivity contribution in [2.45, 2.75) is 90.5 Å². The molecule has 7 nitrogen and oxygen atoms in total. The van der Waals surface area contributed by atoms with Crippen molar-refractivity contribution in [2.24, 2.45) is 10.9 Å². The molecule has 1 unspecified atom stereocenters. The van der Waals surface area contributed by atoms with Gasteiger partial charge < -0.3 is 14.7 Å². The molecule has 1 aliphatic carbocycles. The van der Waals surface area contributed by atoms with E-state index >= 15 is 0 Å². The Kier molecular flexibility index (Phi) is 11.2. The summed E-state index contributed by atoms with van der Waals surface area (Å²) in [5.41, 5.74) is 1.13. The van der Waals surface area contributed by atoms with Crippen molar-refractivity contribution in [1.82, 2.24) is 20.4 Å². The fourth-order valence-electron chi connectivity index (χ4n) is 4.66. The van der Waals surface area contributed by atoms with Crippen LogP contribution < -0.4 is 5.32 Å². The molecule has 2 N–H and O–H groups in total. The first kappa shape index (κ1) is 27.0. The summed E-state index contributed by atoms with van der Waals surface area (Å²) in [5, 5.41) is 23.8. The van der Waals surface area contributed by atoms with Gasteiger partial charge in [0.2, 0.25) is 5.90 Å². The highest BCUT2D eigenvalue weighted by Gasteiger charge is 2.23. The Morgan fingerprint density at radius 1 is 1.21 bits per heavy atom. The third-order valence-corrected chi connectivity index (χ3v) is 7.39. The summed E-state index contributed by atoms with van der Waals surface area (Å²) < 4.78 is 5.81. The minimum Gasteiger partial charge on any atom is -0.475 e. The molecule has 1 aliphatic heterocycles. The highest BCUT2D eigenvalue weighted by Crippen LogP contribution is 2.27. The van der Waals surface area contributed by atoms with Crippen LogP contribution in [-0.4, -0.2) is 70.7 Å². The number of hydrogen-bond donors (Lipinski definition) is 2. The molecule has 0 bridgehead atoms. The molecule has 0 spiro atoms. The van der Waals surface area contributed by atoms with Gasteiger partial charge in [-0.2, -0.15) is 0 Å². The first-order chi connectivity index (χ1) is 16.4. The number of aryl methyl sites for hydroxylation is 1. The summed E-state index contributed by atoms with van der Waals surface area (Å²) >= 11 is 1.56. The Morgan fingerprint density at radius 3 is 2.71 bits per heavy atom. The summed E-state index contributed by atoms with van der Waals surface area (Å²) in [7, 11) is 0. The number of aliphatic hydroxyl groups is 1. The fourth-order valence-corrected chi connectivity index (χ4v) is 5.41. The van der Waals surface area contributed by atoms with Gasteiger partial charge in [0.05, 0.1) is 6.10 Å². The van der Waals surface area contributed by atoms with E-state index in [4.69, 9.17) is 4.74 Å². The Hall–Kier alpha value is -1.61. The molecule has 190 valence electrons. The van der Waals surface area contributed by atoms with Gasteiger partial charge in [-0.05, 0) is 84.7 Å². The van der Waals surface area contributed by atoms with Crippen LogP contribution in [0.15, 0.2) is 29.3 Å². The minimum absolute atomic E-state index is 0.131. The number of allylic oxidation sites excluding steroid dienone is 1. The number of rotatable bonds is 8. The van der Waals surface area contributed by atoms with Crippen LogP contribution in [0.25, 0.3) is 0 Å². The van der Waals surface area contributed by atoms with Crippen LogP contribution in [0.3, 0.4) is 0 Å². The van der Waals surface area contributed by atoms with E-state index in [-0.39, 0.29) is 6.10 Å². The van der Waals surface area contributed by atoms with Gasteiger partial charge in [0.15, 0.2) is 0 Å². The largest absolute Gasteiger partial charge is 0.475 e. The Balaban J connectivity index is 1.37. The topological polar surface area (TPSA) is 82.9 Å². The van der Waals surface area contributed by atoms with Crippen LogP contribution in [0.1, 0.15) is 68.8 Å². The summed E-state index contributed by atoms with van der Waals surface area (Å²) in [6.45, 7) is 14.3. The molecule has 0 saturated heterocycles. The minimum atomic E-state index is -0.539. The van der Waals surface area contributed by atoms with Crippen molar-refractivity contribution >= 4 is 17.2 Å². The van der Waals surface area contributed by atoms with E-state index in [0.29, 0.717) is 12.5 Å². The Morgan fingerprint density at radius 2 is 2.00 bits per heavy atom. The number of nitrogens with zero attached hydrogens (tertiary/aromatic N) is 4. The van der Waals surface area contributed by atoms with Crippen molar-refractivity contribution in [3.63, 3.8) is 0 Å². The third kappa shape index (κ3) is 9.94. The van der Waals surface area contributed by atoms with Crippen LogP contribution in [0, 0.1) is 12.8 Å². The van der Waals surface area contributed by atoms with Crippen LogP contribution in [0.5, 0.6) is 0 Å². The smallest absolute Gasteiger partial charge is 0.208 e. The SMILES string of the molecule is C=C1/C=C\C(OC(C)C)=NCCCN(CCC2CCC(NC(O)Cc3nnc(C)s3)CC2)CC1. The van der Waals surface area contributed by atoms with Gasteiger partial charge in [-0.3, -0.25) is 10.3 Å². The maximum absolute atomic E-state index is 10.4. The second-order valence-electron chi connectivity index (χ2n) is 9.93. The van der Waals surface area contributed by atoms with E-state index in [1.54, 1.807) is 11.3 Å². The molecule has 0 radical (unpaired) electrons. The monoisotopic (exact) mass is 489 g/mol. The van der Waals surface area contributed by atoms with Crippen LogP contribution >= 0.6 is 11.3 Å². The lowest BCUT2D eigenvalue weighted by Crippen LogP contribution is -2.41. The number of aromatic nitrogens is 2. The van der Waals surface area contributed by atoms with E-state index in [9.17, 15) is 5.11 Å². The van der Waals surface area contributed by atoms with Gasteiger partial charge in [-0.15, -0.1) is 21.5 Å². The molecule has 2 heterocycles. The Bertz CT molecular complexity index is 814. The van der Waals surface area contributed by atoms with Crippen molar-refractivity contribution in [3.8, 4) is 0 Å². The standard InChI is InChI=1S/C26H43N5O2S/c1-19(2)33-25-11-6-20(3)12-16-31(15-5-14-27-25)17-13-22-7-9-23(10-8-22)28-24(32)18-26-30-29-21(4)34-26/h6,11,19,22-24,28,32H,3,5,7-10,12-18H2,1-2,4H3/b11-6-,27-25?. The first-order valence-electron chi connectivity index (χ1n) is 12.9. The number of aliphatic imine (C=N–C) groups is 1. The molecular formula is C26H43N5O2S. The lowest BCUT2D eigenvalue weighted by molar-refractivity contribution is 0.106.